The highest BCUT2D eigenvalue weighted by molar-refractivity contribution is 7.80. The zero-order valence-corrected chi connectivity index (χ0v) is 12.5. The molecule has 4 heteroatoms. The van der Waals surface area contributed by atoms with E-state index in [1.54, 1.807) is 0 Å². The van der Waals surface area contributed by atoms with Gasteiger partial charge in [-0.05, 0) is 69.6 Å². The summed E-state index contributed by atoms with van der Waals surface area (Å²) in [6.45, 7) is 10.2. The van der Waals surface area contributed by atoms with Crippen LogP contribution in [0.2, 0.25) is 0 Å². The SMILES string of the molecule is C/C(=N/NC(=S)NC(C)C)c1ccc(C)c(C)c1. The van der Waals surface area contributed by atoms with E-state index in [9.17, 15) is 0 Å². The molecular weight excluding hydrogens is 242 g/mol. The predicted octanol–water partition coefficient (Wildman–Crippen LogP) is 2.90. The van der Waals surface area contributed by atoms with Crippen molar-refractivity contribution in [3.05, 3.63) is 34.9 Å². The molecule has 0 atom stereocenters. The van der Waals surface area contributed by atoms with Crippen LogP contribution in [0.1, 0.15) is 37.5 Å². The van der Waals surface area contributed by atoms with Gasteiger partial charge >= 0.3 is 0 Å². The van der Waals surface area contributed by atoms with Crippen LogP contribution in [0.25, 0.3) is 0 Å². The zero-order chi connectivity index (χ0) is 13.7. The van der Waals surface area contributed by atoms with Crippen molar-refractivity contribution >= 4 is 23.0 Å². The van der Waals surface area contributed by atoms with Crippen LogP contribution in [0.4, 0.5) is 0 Å². The molecule has 0 aliphatic rings. The van der Waals surface area contributed by atoms with Gasteiger partial charge in [-0.2, -0.15) is 5.10 Å². The maximum absolute atomic E-state index is 5.12. The van der Waals surface area contributed by atoms with Crippen molar-refractivity contribution in [1.29, 1.82) is 0 Å². The molecule has 0 bridgehead atoms. The fourth-order valence-electron chi connectivity index (χ4n) is 1.46. The summed E-state index contributed by atoms with van der Waals surface area (Å²) < 4.78 is 0. The third-order valence-corrected chi connectivity index (χ3v) is 2.88. The van der Waals surface area contributed by atoms with Crippen LogP contribution in [0, 0.1) is 13.8 Å². The van der Waals surface area contributed by atoms with E-state index in [0.29, 0.717) is 11.2 Å². The van der Waals surface area contributed by atoms with Gasteiger partial charge in [0, 0.05) is 6.04 Å². The summed E-state index contributed by atoms with van der Waals surface area (Å²) in [6, 6.07) is 6.62. The quantitative estimate of drug-likeness (QED) is 0.500. The molecule has 18 heavy (non-hydrogen) atoms. The summed E-state index contributed by atoms with van der Waals surface area (Å²) in [6.07, 6.45) is 0. The Morgan fingerprint density at radius 2 is 1.89 bits per heavy atom. The summed E-state index contributed by atoms with van der Waals surface area (Å²) in [7, 11) is 0. The molecule has 0 unspecified atom stereocenters. The van der Waals surface area contributed by atoms with Crippen molar-refractivity contribution < 1.29 is 0 Å². The Balaban J connectivity index is 2.71. The smallest absolute Gasteiger partial charge is 0.187 e. The van der Waals surface area contributed by atoms with Crippen LogP contribution in [0.5, 0.6) is 0 Å². The minimum atomic E-state index is 0.308. The van der Waals surface area contributed by atoms with Crippen LogP contribution < -0.4 is 10.7 Å². The van der Waals surface area contributed by atoms with Crippen molar-refractivity contribution in [2.45, 2.75) is 40.7 Å². The number of hydrogen-bond donors (Lipinski definition) is 2. The molecule has 0 fully saturated rings. The summed E-state index contributed by atoms with van der Waals surface area (Å²) in [5.74, 6) is 0. The first-order chi connectivity index (χ1) is 8.40. The summed E-state index contributed by atoms with van der Waals surface area (Å²) in [5, 5.41) is 7.91. The highest BCUT2D eigenvalue weighted by Gasteiger charge is 2.01. The van der Waals surface area contributed by atoms with Crippen LogP contribution in [0.3, 0.4) is 0 Å². The molecule has 0 amide bonds. The van der Waals surface area contributed by atoms with Crippen molar-refractivity contribution in [1.82, 2.24) is 10.7 Å². The fraction of sp³-hybridized carbons (Fsp3) is 0.429. The molecular formula is C14H21N3S. The average molecular weight is 263 g/mol. The van der Waals surface area contributed by atoms with Crippen molar-refractivity contribution in [2.24, 2.45) is 5.10 Å². The number of hydrazone groups is 1. The highest BCUT2D eigenvalue weighted by atomic mass is 32.1. The lowest BCUT2D eigenvalue weighted by Crippen LogP contribution is -2.37. The Bertz CT molecular complexity index is 464. The monoisotopic (exact) mass is 263 g/mol. The van der Waals surface area contributed by atoms with Gasteiger partial charge < -0.3 is 5.32 Å². The second-order valence-electron chi connectivity index (χ2n) is 4.74. The van der Waals surface area contributed by atoms with Gasteiger partial charge in [0.25, 0.3) is 0 Å². The van der Waals surface area contributed by atoms with Gasteiger partial charge in [0.2, 0.25) is 0 Å². The standard InChI is InChI=1S/C14H21N3S/c1-9(2)15-14(18)17-16-12(5)13-7-6-10(3)11(4)8-13/h6-9H,1-5H3,(H2,15,17,18)/b16-12-. The summed E-state index contributed by atoms with van der Waals surface area (Å²) >= 11 is 5.12. The molecule has 0 radical (unpaired) electrons. The Labute approximate surface area is 115 Å². The second-order valence-corrected chi connectivity index (χ2v) is 5.14. The summed E-state index contributed by atoms with van der Waals surface area (Å²) in [4.78, 5) is 0. The maximum atomic E-state index is 5.12. The highest BCUT2D eigenvalue weighted by Crippen LogP contribution is 2.10. The van der Waals surface area contributed by atoms with Gasteiger partial charge in [0.1, 0.15) is 0 Å². The number of hydrogen-bond acceptors (Lipinski definition) is 2. The first-order valence-electron chi connectivity index (χ1n) is 6.08. The Hall–Kier alpha value is -1.42. The Morgan fingerprint density at radius 3 is 2.44 bits per heavy atom. The van der Waals surface area contributed by atoms with E-state index in [1.807, 2.05) is 20.8 Å². The van der Waals surface area contributed by atoms with E-state index in [1.165, 1.54) is 11.1 Å². The molecule has 0 saturated heterocycles. The average Bonchev–Trinajstić information content (AvgIpc) is 2.28. The van der Waals surface area contributed by atoms with Crippen LogP contribution in [-0.2, 0) is 0 Å². The number of benzene rings is 1. The van der Waals surface area contributed by atoms with Crippen molar-refractivity contribution in [3.63, 3.8) is 0 Å². The number of nitrogens with one attached hydrogen (secondary N) is 2. The van der Waals surface area contributed by atoms with Crippen LogP contribution in [-0.4, -0.2) is 16.9 Å². The minimum absolute atomic E-state index is 0.308. The normalized spacial score (nSPS) is 11.6. The van der Waals surface area contributed by atoms with Gasteiger partial charge in [-0.25, -0.2) is 0 Å². The van der Waals surface area contributed by atoms with Gasteiger partial charge in [0.15, 0.2) is 5.11 Å². The third-order valence-electron chi connectivity index (χ3n) is 2.67. The zero-order valence-electron chi connectivity index (χ0n) is 11.7. The lowest BCUT2D eigenvalue weighted by Gasteiger charge is -2.11. The Morgan fingerprint density at radius 1 is 1.22 bits per heavy atom. The lowest BCUT2D eigenvalue weighted by molar-refractivity contribution is 0.719. The molecule has 3 nitrogen and oxygen atoms in total. The fourth-order valence-corrected chi connectivity index (χ4v) is 1.74. The lowest BCUT2D eigenvalue weighted by atomic mass is 10.0. The minimum Gasteiger partial charge on any atom is -0.359 e. The number of aryl methyl sites for hydroxylation is 2. The van der Waals surface area contributed by atoms with E-state index < -0.39 is 0 Å². The molecule has 1 rings (SSSR count). The van der Waals surface area contributed by atoms with Crippen LogP contribution in [0.15, 0.2) is 23.3 Å². The molecule has 2 N–H and O–H groups in total. The molecule has 0 aliphatic heterocycles. The van der Waals surface area contributed by atoms with Crippen molar-refractivity contribution in [3.8, 4) is 0 Å². The third kappa shape index (κ3) is 4.45. The number of thiocarbonyl (C=S) groups is 1. The van der Waals surface area contributed by atoms with E-state index in [4.69, 9.17) is 12.2 Å². The van der Waals surface area contributed by atoms with E-state index in [0.717, 1.165) is 11.3 Å². The van der Waals surface area contributed by atoms with Crippen LogP contribution >= 0.6 is 12.2 Å². The molecule has 0 heterocycles. The predicted molar refractivity (Wildman–Crippen MR) is 82.1 cm³/mol. The molecule has 0 aromatic heterocycles. The maximum Gasteiger partial charge on any atom is 0.187 e. The molecule has 98 valence electrons. The molecule has 1 aromatic rings. The van der Waals surface area contributed by atoms with Gasteiger partial charge in [-0.1, -0.05) is 12.1 Å². The number of rotatable bonds is 3. The van der Waals surface area contributed by atoms with E-state index in [-0.39, 0.29) is 0 Å². The second kappa shape index (κ2) is 6.50. The van der Waals surface area contributed by atoms with E-state index in [2.05, 4.69) is 47.9 Å². The molecule has 0 aliphatic carbocycles. The topological polar surface area (TPSA) is 36.4 Å². The first kappa shape index (κ1) is 14.6. The van der Waals surface area contributed by atoms with E-state index >= 15 is 0 Å². The van der Waals surface area contributed by atoms with Gasteiger partial charge in [0.05, 0.1) is 5.71 Å². The van der Waals surface area contributed by atoms with Gasteiger partial charge in [-0.15, -0.1) is 0 Å². The Kier molecular flexibility index (Phi) is 5.28. The largest absolute Gasteiger partial charge is 0.359 e. The number of nitrogens with zero attached hydrogens (tertiary/aromatic N) is 1. The molecule has 0 saturated carbocycles. The van der Waals surface area contributed by atoms with Crippen molar-refractivity contribution in [2.75, 3.05) is 0 Å². The first-order valence-corrected chi connectivity index (χ1v) is 6.49. The molecule has 0 spiro atoms. The summed E-state index contributed by atoms with van der Waals surface area (Å²) in [5.41, 5.74) is 7.44. The molecule has 1 aromatic carbocycles. The van der Waals surface area contributed by atoms with Gasteiger partial charge in [-0.3, -0.25) is 5.43 Å².